The molecule has 0 spiro atoms. The average molecular weight is 376 g/mol. The molecule has 0 radical (unpaired) electrons. The molecule has 0 atom stereocenters. The fourth-order valence-corrected chi connectivity index (χ4v) is 2.74. The van der Waals surface area contributed by atoms with Gasteiger partial charge in [0.05, 0.1) is 37.8 Å². The van der Waals surface area contributed by atoms with E-state index in [1.54, 1.807) is 12.1 Å². The van der Waals surface area contributed by atoms with Crippen LogP contribution in [0.25, 0.3) is 0 Å². The van der Waals surface area contributed by atoms with Gasteiger partial charge in [-0.1, -0.05) is 13.0 Å². The maximum atomic E-state index is 12.4. The number of anilines is 2. The number of rotatable bonds is 6. The van der Waals surface area contributed by atoms with Gasteiger partial charge in [0.15, 0.2) is 0 Å². The van der Waals surface area contributed by atoms with Gasteiger partial charge in [-0.3, -0.25) is 4.79 Å². The molecular formula is C19H24N2O6. The first-order valence-electron chi connectivity index (χ1n) is 8.58. The van der Waals surface area contributed by atoms with Crippen molar-refractivity contribution >= 4 is 29.2 Å². The van der Waals surface area contributed by atoms with Crippen LogP contribution in [0.15, 0.2) is 29.5 Å². The van der Waals surface area contributed by atoms with Crippen molar-refractivity contribution in [3.05, 3.63) is 35.0 Å². The third-order valence-electron chi connectivity index (χ3n) is 4.03. The van der Waals surface area contributed by atoms with E-state index in [0.29, 0.717) is 24.2 Å². The van der Waals surface area contributed by atoms with Crippen LogP contribution in [-0.4, -0.2) is 45.4 Å². The summed E-state index contributed by atoms with van der Waals surface area (Å²) in [5, 5.41) is 2.84. The molecule has 0 aliphatic carbocycles. The Bertz CT molecular complexity index is 771. The van der Waals surface area contributed by atoms with Gasteiger partial charge in [-0.25, -0.2) is 9.59 Å². The molecule has 2 rings (SSSR count). The van der Waals surface area contributed by atoms with E-state index >= 15 is 0 Å². The van der Waals surface area contributed by atoms with Gasteiger partial charge in [0.25, 0.3) is 0 Å². The van der Waals surface area contributed by atoms with Crippen molar-refractivity contribution in [3.63, 3.8) is 0 Å². The molecule has 1 aromatic carbocycles. The topological polar surface area (TPSA) is 94.2 Å². The van der Waals surface area contributed by atoms with Crippen molar-refractivity contribution in [1.82, 2.24) is 0 Å². The lowest BCUT2D eigenvalue weighted by Crippen LogP contribution is -2.39. The van der Waals surface area contributed by atoms with Gasteiger partial charge in [-0.05, 0) is 31.0 Å². The van der Waals surface area contributed by atoms with E-state index < -0.39 is 11.9 Å². The van der Waals surface area contributed by atoms with Gasteiger partial charge in [0, 0.05) is 6.42 Å². The monoisotopic (exact) mass is 376 g/mol. The number of carbonyl (C=O) groups excluding carboxylic acids is 3. The summed E-state index contributed by atoms with van der Waals surface area (Å²) in [4.78, 5) is 38.1. The van der Waals surface area contributed by atoms with Gasteiger partial charge >= 0.3 is 11.9 Å². The second-order valence-electron chi connectivity index (χ2n) is 6.03. The molecule has 0 fully saturated rings. The second kappa shape index (κ2) is 9.18. The number of carbonyl (C=O) groups is 3. The van der Waals surface area contributed by atoms with Crippen molar-refractivity contribution in [2.75, 3.05) is 37.8 Å². The first-order chi connectivity index (χ1) is 12.9. The van der Waals surface area contributed by atoms with Gasteiger partial charge in [0.2, 0.25) is 5.91 Å². The van der Waals surface area contributed by atoms with E-state index in [-0.39, 0.29) is 30.5 Å². The molecule has 1 aliphatic rings. The van der Waals surface area contributed by atoms with Crippen LogP contribution in [-0.2, 0) is 28.6 Å². The molecule has 1 amide bonds. The highest BCUT2D eigenvalue weighted by Gasteiger charge is 2.33. The van der Waals surface area contributed by atoms with Crippen molar-refractivity contribution < 1.29 is 28.6 Å². The SMILES string of the molecule is CCCC(=O)Nc1ccc(C)cc1N1COCC(C(=O)OC)=C1C(=O)OC. The summed E-state index contributed by atoms with van der Waals surface area (Å²) in [5.41, 5.74) is 2.04. The number of aryl methyl sites for hydroxylation is 1. The Morgan fingerprint density at radius 1 is 1.19 bits per heavy atom. The third-order valence-corrected chi connectivity index (χ3v) is 4.03. The molecule has 1 N–H and O–H groups in total. The minimum Gasteiger partial charge on any atom is -0.466 e. The molecule has 1 heterocycles. The Hall–Kier alpha value is -2.87. The van der Waals surface area contributed by atoms with Gasteiger partial charge in [0.1, 0.15) is 12.4 Å². The lowest BCUT2D eigenvalue weighted by Gasteiger charge is -2.32. The highest BCUT2D eigenvalue weighted by molar-refractivity contribution is 6.05. The zero-order valence-corrected chi connectivity index (χ0v) is 16.0. The summed E-state index contributed by atoms with van der Waals surface area (Å²) in [5.74, 6) is -1.51. The Morgan fingerprint density at radius 3 is 2.52 bits per heavy atom. The molecule has 1 aliphatic heterocycles. The number of hydrogen-bond acceptors (Lipinski definition) is 7. The van der Waals surface area contributed by atoms with Crippen LogP contribution < -0.4 is 10.2 Å². The number of esters is 2. The quantitative estimate of drug-likeness (QED) is 0.760. The largest absolute Gasteiger partial charge is 0.466 e. The zero-order valence-electron chi connectivity index (χ0n) is 16.0. The van der Waals surface area contributed by atoms with Gasteiger partial charge < -0.3 is 24.4 Å². The number of hydrogen-bond donors (Lipinski definition) is 1. The fraction of sp³-hybridized carbons (Fsp3) is 0.421. The number of amides is 1. The smallest absolute Gasteiger partial charge is 0.355 e. The first kappa shape index (κ1) is 20.4. The summed E-state index contributed by atoms with van der Waals surface area (Å²) < 4.78 is 15.1. The predicted octanol–water partition coefficient (Wildman–Crippen LogP) is 2.13. The van der Waals surface area contributed by atoms with Gasteiger partial charge in [-0.15, -0.1) is 0 Å². The van der Waals surface area contributed by atoms with E-state index in [0.717, 1.165) is 5.56 Å². The molecule has 146 valence electrons. The summed E-state index contributed by atoms with van der Waals surface area (Å²) in [6.45, 7) is 3.74. The molecule has 27 heavy (non-hydrogen) atoms. The summed E-state index contributed by atoms with van der Waals surface area (Å²) in [6.07, 6.45) is 1.08. The van der Waals surface area contributed by atoms with E-state index in [1.165, 1.54) is 19.1 Å². The minimum absolute atomic E-state index is 0.0189. The first-order valence-corrected chi connectivity index (χ1v) is 8.58. The highest BCUT2D eigenvalue weighted by atomic mass is 16.5. The Kier molecular flexibility index (Phi) is 6.95. The van der Waals surface area contributed by atoms with Crippen LogP contribution >= 0.6 is 0 Å². The number of nitrogens with one attached hydrogen (secondary N) is 1. The van der Waals surface area contributed by atoms with Crippen molar-refractivity contribution in [2.24, 2.45) is 0 Å². The molecule has 0 saturated heterocycles. The maximum Gasteiger partial charge on any atom is 0.355 e. The van der Waals surface area contributed by atoms with Crippen LogP contribution in [0.1, 0.15) is 25.3 Å². The van der Waals surface area contributed by atoms with Crippen LogP contribution in [0.4, 0.5) is 11.4 Å². The predicted molar refractivity (Wildman–Crippen MR) is 99.1 cm³/mol. The molecule has 0 aromatic heterocycles. The molecular weight excluding hydrogens is 352 g/mol. The summed E-state index contributed by atoms with van der Waals surface area (Å²) >= 11 is 0. The lowest BCUT2D eigenvalue weighted by molar-refractivity contribution is -0.140. The van der Waals surface area contributed by atoms with Crippen LogP contribution in [0, 0.1) is 6.92 Å². The van der Waals surface area contributed by atoms with E-state index in [4.69, 9.17) is 14.2 Å². The summed E-state index contributed by atoms with van der Waals surface area (Å²) in [7, 11) is 2.46. The van der Waals surface area contributed by atoms with E-state index in [2.05, 4.69) is 5.32 Å². The standard InChI is InChI=1S/C19H24N2O6/c1-5-6-16(22)20-14-8-7-12(2)9-15(14)21-11-27-10-13(18(23)25-3)17(21)19(24)26-4/h7-9H,5-6,10-11H2,1-4H3,(H,20,22). The highest BCUT2D eigenvalue weighted by Crippen LogP contribution is 2.33. The van der Waals surface area contributed by atoms with Crippen molar-refractivity contribution in [3.8, 4) is 0 Å². The fourth-order valence-electron chi connectivity index (χ4n) is 2.74. The normalized spacial score (nSPS) is 14.0. The number of ether oxygens (including phenoxy) is 3. The average Bonchev–Trinajstić information content (AvgIpc) is 2.67. The van der Waals surface area contributed by atoms with Gasteiger partial charge in [-0.2, -0.15) is 0 Å². The molecule has 8 heteroatoms. The van der Waals surface area contributed by atoms with Crippen molar-refractivity contribution in [1.29, 1.82) is 0 Å². The molecule has 8 nitrogen and oxygen atoms in total. The minimum atomic E-state index is -0.689. The molecule has 0 saturated carbocycles. The van der Waals surface area contributed by atoms with Crippen LogP contribution in [0.5, 0.6) is 0 Å². The Morgan fingerprint density at radius 2 is 1.89 bits per heavy atom. The second-order valence-corrected chi connectivity index (χ2v) is 6.03. The molecule has 0 unspecified atom stereocenters. The molecule has 1 aromatic rings. The van der Waals surface area contributed by atoms with E-state index in [9.17, 15) is 14.4 Å². The van der Waals surface area contributed by atoms with Crippen LogP contribution in [0.3, 0.4) is 0 Å². The van der Waals surface area contributed by atoms with Crippen LogP contribution in [0.2, 0.25) is 0 Å². The lowest BCUT2D eigenvalue weighted by atomic mass is 10.1. The number of benzene rings is 1. The third kappa shape index (κ3) is 4.65. The van der Waals surface area contributed by atoms with E-state index in [1.807, 2.05) is 19.9 Å². The number of methoxy groups -OCH3 is 2. The summed E-state index contributed by atoms with van der Waals surface area (Å²) in [6, 6.07) is 5.40. The van der Waals surface area contributed by atoms with Crippen molar-refractivity contribution in [2.45, 2.75) is 26.7 Å². The number of nitrogens with zero attached hydrogens (tertiary/aromatic N) is 1. The Balaban J connectivity index is 2.56. The molecule has 0 bridgehead atoms. The zero-order chi connectivity index (χ0) is 20.0. The Labute approximate surface area is 158 Å². The maximum absolute atomic E-state index is 12.4.